The van der Waals surface area contributed by atoms with Crippen molar-refractivity contribution in [3.8, 4) is 0 Å². The summed E-state index contributed by atoms with van der Waals surface area (Å²) < 4.78 is 0. The first-order valence-electron chi connectivity index (χ1n) is 5.22. The van der Waals surface area contributed by atoms with E-state index < -0.39 is 6.04 Å². The fourth-order valence-electron chi connectivity index (χ4n) is 1.54. The van der Waals surface area contributed by atoms with Gasteiger partial charge in [-0.15, -0.1) is 11.6 Å². The van der Waals surface area contributed by atoms with Gasteiger partial charge in [0.2, 0.25) is 11.8 Å². The molecule has 6 heteroatoms. The summed E-state index contributed by atoms with van der Waals surface area (Å²) in [5.41, 5.74) is 0. The molecule has 1 unspecified atom stereocenters. The van der Waals surface area contributed by atoms with Crippen LogP contribution in [-0.2, 0) is 14.4 Å². The largest absolute Gasteiger partial charge is 0.344 e. The lowest BCUT2D eigenvalue weighted by molar-refractivity contribution is -0.149. The number of carbonyl (C=O) groups excluding carboxylic acids is 3. The Hall–Kier alpha value is -1.10. The molecular formula is C10H15ClN2O3. The van der Waals surface area contributed by atoms with Crippen molar-refractivity contribution in [1.29, 1.82) is 0 Å². The third kappa shape index (κ3) is 3.20. The topological polar surface area (TPSA) is 66.5 Å². The fourth-order valence-corrected chi connectivity index (χ4v) is 1.68. The van der Waals surface area contributed by atoms with Crippen molar-refractivity contribution in [2.45, 2.75) is 31.7 Å². The van der Waals surface area contributed by atoms with Crippen LogP contribution in [0.5, 0.6) is 0 Å². The first-order chi connectivity index (χ1) is 7.56. The summed E-state index contributed by atoms with van der Waals surface area (Å²) in [6.07, 6.45) is 1.57. The Labute approximate surface area is 99.1 Å². The van der Waals surface area contributed by atoms with Crippen LogP contribution in [0.15, 0.2) is 0 Å². The summed E-state index contributed by atoms with van der Waals surface area (Å²) in [6.45, 7) is 0. The van der Waals surface area contributed by atoms with Crippen molar-refractivity contribution < 1.29 is 14.4 Å². The Bertz CT molecular complexity index is 306. The number of rotatable bonds is 4. The molecule has 1 atom stereocenters. The van der Waals surface area contributed by atoms with Crippen LogP contribution in [0.1, 0.15) is 25.7 Å². The molecular weight excluding hydrogens is 232 g/mol. The number of nitrogens with one attached hydrogen (secondary N) is 1. The van der Waals surface area contributed by atoms with E-state index in [4.69, 9.17) is 11.6 Å². The van der Waals surface area contributed by atoms with E-state index in [1.54, 1.807) is 0 Å². The second-order valence-electron chi connectivity index (χ2n) is 3.74. The van der Waals surface area contributed by atoms with Gasteiger partial charge in [-0.05, 0) is 12.8 Å². The number of imide groups is 1. The molecule has 1 rings (SSSR count). The normalized spacial score (nSPS) is 21.1. The molecule has 1 N–H and O–H groups in total. The van der Waals surface area contributed by atoms with Gasteiger partial charge >= 0.3 is 0 Å². The number of likely N-dealkylation sites (tertiary alicyclic amines) is 1. The Morgan fingerprint density at radius 2 is 2.25 bits per heavy atom. The van der Waals surface area contributed by atoms with Gasteiger partial charge in [0.05, 0.1) is 0 Å². The quantitative estimate of drug-likeness (QED) is 0.572. The molecule has 16 heavy (non-hydrogen) atoms. The minimum absolute atomic E-state index is 0.193. The van der Waals surface area contributed by atoms with E-state index in [0.29, 0.717) is 31.6 Å². The third-order valence-electron chi connectivity index (χ3n) is 2.52. The molecule has 0 aromatic carbocycles. The average molecular weight is 247 g/mol. The standard InChI is InChI=1S/C10H15ClN2O3/c1-13-9(15)5-4-7(10(13)16)12-8(14)3-2-6-11/h7H,2-6H2,1H3,(H,12,14). The van der Waals surface area contributed by atoms with Gasteiger partial charge < -0.3 is 5.32 Å². The number of nitrogens with zero attached hydrogens (tertiary/aromatic N) is 1. The first kappa shape index (κ1) is 13.0. The maximum absolute atomic E-state index is 11.6. The maximum atomic E-state index is 11.6. The molecule has 1 fully saturated rings. The van der Waals surface area contributed by atoms with E-state index in [9.17, 15) is 14.4 Å². The zero-order chi connectivity index (χ0) is 12.1. The second kappa shape index (κ2) is 5.84. The van der Waals surface area contributed by atoms with Gasteiger partial charge in [-0.25, -0.2) is 0 Å². The Balaban J connectivity index is 2.46. The van der Waals surface area contributed by atoms with Crippen LogP contribution >= 0.6 is 11.6 Å². The van der Waals surface area contributed by atoms with E-state index in [1.807, 2.05) is 0 Å². The number of hydrogen-bond acceptors (Lipinski definition) is 3. The zero-order valence-electron chi connectivity index (χ0n) is 9.16. The van der Waals surface area contributed by atoms with Crippen LogP contribution in [-0.4, -0.2) is 41.6 Å². The van der Waals surface area contributed by atoms with E-state index in [-0.39, 0.29) is 17.7 Å². The first-order valence-corrected chi connectivity index (χ1v) is 5.75. The van der Waals surface area contributed by atoms with Gasteiger partial charge in [0.25, 0.3) is 5.91 Å². The lowest BCUT2D eigenvalue weighted by Gasteiger charge is -2.28. The summed E-state index contributed by atoms with van der Waals surface area (Å²) in [7, 11) is 1.43. The molecule has 1 saturated heterocycles. The molecule has 1 heterocycles. The molecule has 0 saturated carbocycles. The molecule has 1 aliphatic heterocycles. The number of hydrogen-bond donors (Lipinski definition) is 1. The van der Waals surface area contributed by atoms with E-state index in [2.05, 4.69) is 5.32 Å². The minimum atomic E-state index is -0.564. The molecule has 0 aliphatic carbocycles. The van der Waals surface area contributed by atoms with Crippen LogP contribution in [0.4, 0.5) is 0 Å². The molecule has 0 bridgehead atoms. The summed E-state index contributed by atoms with van der Waals surface area (Å²) in [5, 5.41) is 2.61. The van der Waals surface area contributed by atoms with Crippen molar-refractivity contribution >= 4 is 29.3 Å². The SMILES string of the molecule is CN1C(=O)CCC(NC(=O)CCCCl)C1=O. The van der Waals surface area contributed by atoms with Crippen LogP contribution < -0.4 is 5.32 Å². The van der Waals surface area contributed by atoms with E-state index in [0.717, 1.165) is 4.90 Å². The Morgan fingerprint density at radius 3 is 2.88 bits per heavy atom. The molecule has 0 radical (unpaired) electrons. The van der Waals surface area contributed by atoms with Gasteiger partial charge in [0.1, 0.15) is 6.04 Å². The van der Waals surface area contributed by atoms with Crippen molar-refractivity contribution in [1.82, 2.24) is 10.2 Å². The van der Waals surface area contributed by atoms with Gasteiger partial charge in [-0.1, -0.05) is 0 Å². The van der Waals surface area contributed by atoms with Crippen LogP contribution in [0, 0.1) is 0 Å². The Kier molecular flexibility index (Phi) is 4.73. The predicted molar refractivity (Wildman–Crippen MR) is 58.9 cm³/mol. The minimum Gasteiger partial charge on any atom is -0.344 e. The predicted octanol–water partition coefficient (Wildman–Crippen LogP) is 0.269. The van der Waals surface area contributed by atoms with Crippen molar-refractivity contribution in [3.63, 3.8) is 0 Å². The maximum Gasteiger partial charge on any atom is 0.251 e. The number of carbonyl (C=O) groups is 3. The average Bonchev–Trinajstić information content (AvgIpc) is 2.27. The fraction of sp³-hybridized carbons (Fsp3) is 0.700. The highest BCUT2D eigenvalue weighted by molar-refractivity contribution is 6.17. The highest BCUT2D eigenvalue weighted by Crippen LogP contribution is 2.11. The van der Waals surface area contributed by atoms with Crippen LogP contribution in [0.3, 0.4) is 0 Å². The molecule has 90 valence electrons. The van der Waals surface area contributed by atoms with Crippen molar-refractivity contribution in [2.24, 2.45) is 0 Å². The molecule has 0 aromatic rings. The van der Waals surface area contributed by atoms with Gasteiger partial charge in [-0.3, -0.25) is 19.3 Å². The van der Waals surface area contributed by atoms with Crippen molar-refractivity contribution in [3.05, 3.63) is 0 Å². The smallest absolute Gasteiger partial charge is 0.251 e. The number of amides is 3. The summed E-state index contributed by atoms with van der Waals surface area (Å²) in [5.74, 6) is -0.307. The molecule has 0 spiro atoms. The van der Waals surface area contributed by atoms with Crippen LogP contribution in [0.2, 0.25) is 0 Å². The summed E-state index contributed by atoms with van der Waals surface area (Å²) in [4.78, 5) is 35.2. The monoisotopic (exact) mass is 246 g/mol. The van der Waals surface area contributed by atoms with Gasteiger partial charge in [0, 0.05) is 25.8 Å². The lowest BCUT2D eigenvalue weighted by atomic mass is 10.0. The molecule has 1 aliphatic rings. The number of halogens is 1. The third-order valence-corrected chi connectivity index (χ3v) is 2.79. The highest BCUT2D eigenvalue weighted by atomic mass is 35.5. The number of alkyl halides is 1. The number of piperidine rings is 1. The van der Waals surface area contributed by atoms with Gasteiger partial charge in [-0.2, -0.15) is 0 Å². The van der Waals surface area contributed by atoms with Crippen molar-refractivity contribution in [2.75, 3.05) is 12.9 Å². The Morgan fingerprint density at radius 1 is 1.56 bits per heavy atom. The van der Waals surface area contributed by atoms with E-state index >= 15 is 0 Å². The molecule has 0 aromatic heterocycles. The number of likely N-dealkylation sites (N-methyl/N-ethyl adjacent to an activating group) is 1. The van der Waals surface area contributed by atoms with Crippen LogP contribution in [0.25, 0.3) is 0 Å². The summed E-state index contributed by atoms with van der Waals surface area (Å²) >= 11 is 5.46. The summed E-state index contributed by atoms with van der Waals surface area (Å²) in [6, 6.07) is -0.564. The van der Waals surface area contributed by atoms with E-state index in [1.165, 1.54) is 7.05 Å². The highest BCUT2D eigenvalue weighted by Gasteiger charge is 2.32. The zero-order valence-corrected chi connectivity index (χ0v) is 9.92. The lowest BCUT2D eigenvalue weighted by Crippen LogP contribution is -2.52. The molecule has 5 nitrogen and oxygen atoms in total. The molecule has 3 amide bonds. The van der Waals surface area contributed by atoms with Gasteiger partial charge in [0.15, 0.2) is 0 Å². The second-order valence-corrected chi connectivity index (χ2v) is 4.12.